The highest BCUT2D eigenvalue weighted by Gasteiger charge is 2.25. The van der Waals surface area contributed by atoms with Gasteiger partial charge in [-0.3, -0.25) is 4.79 Å². The van der Waals surface area contributed by atoms with E-state index >= 15 is 0 Å². The van der Waals surface area contributed by atoms with Crippen LogP contribution in [0.25, 0.3) is 11.3 Å². The number of rotatable bonds is 5. The summed E-state index contributed by atoms with van der Waals surface area (Å²) >= 11 is 1.42. The van der Waals surface area contributed by atoms with Gasteiger partial charge in [0.25, 0.3) is 5.91 Å². The van der Waals surface area contributed by atoms with E-state index in [2.05, 4.69) is 5.32 Å². The first-order valence-corrected chi connectivity index (χ1v) is 8.24. The molecular weight excluding hydrogens is 329 g/mol. The average molecular weight is 345 g/mol. The average Bonchev–Trinajstić information content (AvgIpc) is 3.25. The van der Waals surface area contributed by atoms with Gasteiger partial charge in [0.15, 0.2) is 5.76 Å². The summed E-state index contributed by atoms with van der Waals surface area (Å²) in [5, 5.41) is 14.9. The van der Waals surface area contributed by atoms with Crippen molar-refractivity contribution in [1.29, 1.82) is 0 Å². The summed E-state index contributed by atoms with van der Waals surface area (Å²) in [6, 6.07) is 12.7. The molecule has 0 fully saturated rings. The number of aliphatic hydroxyl groups is 1. The first-order valence-electron chi connectivity index (χ1n) is 7.36. The molecule has 2 heterocycles. The van der Waals surface area contributed by atoms with Gasteiger partial charge >= 0.3 is 0 Å². The van der Waals surface area contributed by atoms with Gasteiger partial charge in [0, 0.05) is 10.4 Å². The number of hydrogen-bond donors (Lipinski definition) is 2. The van der Waals surface area contributed by atoms with E-state index in [4.69, 9.17) is 4.42 Å². The molecule has 1 unspecified atom stereocenters. The predicted octanol–water partition coefficient (Wildman–Crippen LogP) is 3.78. The molecule has 0 aliphatic rings. The molecular formula is C18H16FNO3S. The van der Waals surface area contributed by atoms with Crippen molar-refractivity contribution in [3.8, 4) is 11.3 Å². The molecule has 0 saturated carbocycles. The molecule has 3 rings (SSSR count). The van der Waals surface area contributed by atoms with Gasteiger partial charge < -0.3 is 14.8 Å². The minimum atomic E-state index is -1.14. The van der Waals surface area contributed by atoms with Crippen LogP contribution in [0.5, 0.6) is 0 Å². The molecule has 0 radical (unpaired) electrons. The monoisotopic (exact) mass is 345 g/mol. The van der Waals surface area contributed by atoms with E-state index in [1.165, 1.54) is 23.5 Å². The van der Waals surface area contributed by atoms with Crippen LogP contribution in [0.1, 0.15) is 22.4 Å². The molecule has 0 bridgehead atoms. The van der Waals surface area contributed by atoms with Crippen molar-refractivity contribution < 1.29 is 18.7 Å². The van der Waals surface area contributed by atoms with Crippen LogP contribution in [0.15, 0.2) is 58.3 Å². The second-order valence-electron chi connectivity index (χ2n) is 5.60. The second kappa shape index (κ2) is 6.59. The fourth-order valence-corrected chi connectivity index (χ4v) is 3.03. The van der Waals surface area contributed by atoms with E-state index in [1.54, 1.807) is 31.2 Å². The number of carbonyl (C=O) groups excluding carboxylic acids is 1. The zero-order valence-electron chi connectivity index (χ0n) is 13.0. The summed E-state index contributed by atoms with van der Waals surface area (Å²) in [5.74, 6) is -0.138. The Bertz CT molecular complexity index is 822. The zero-order valence-corrected chi connectivity index (χ0v) is 13.8. The first kappa shape index (κ1) is 16.4. The SMILES string of the molecule is CC(O)(CNC(=O)c1ccc(-c2ccc(F)cc2)o1)c1cccs1. The number of thiophene rings is 1. The van der Waals surface area contributed by atoms with Crippen LogP contribution in [0.3, 0.4) is 0 Å². The summed E-state index contributed by atoms with van der Waals surface area (Å²) in [4.78, 5) is 13.0. The van der Waals surface area contributed by atoms with Gasteiger partial charge in [0.1, 0.15) is 17.2 Å². The van der Waals surface area contributed by atoms with E-state index in [-0.39, 0.29) is 18.1 Å². The number of amides is 1. The van der Waals surface area contributed by atoms with Gasteiger partial charge in [-0.2, -0.15) is 0 Å². The van der Waals surface area contributed by atoms with Gasteiger partial charge in [0.05, 0.1) is 6.54 Å². The minimum absolute atomic E-state index is 0.0684. The van der Waals surface area contributed by atoms with Crippen molar-refractivity contribution in [3.05, 3.63) is 70.4 Å². The van der Waals surface area contributed by atoms with E-state index in [1.807, 2.05) is 17.5 Å². The van der Waals surface area contributed by atoms with Gasteiger partial charge in [-0.25, -0.2) is 4.39 Å². The van der Waals surface area contributed by atoms with Crippen LogP contribution in [0, 0.1) is 5.82 Å². The normalized spacial score (nSPS) is 13.5. The molecule has 3 aromatic rings. The van der Waals surface area contributed by atoms with Crippen molar-refractivity contribution in [2.45, 2.75) is 12.5 Å². The Labute approximate surface area is 142 Å². The van der Waals surface area contributed by atoms with Crippen LogP contribution in [0.2, 0.25) is 0 Å². The molecule has 0 aliphatic carbocycles. The lowest BCUT2D eigenvalue weighted by Crippen LogP contribution is -2.37. The molecule has 0 spiro atoms. The maximum absolute atomic E-state index is 12.9. The highest BCUT2D eigenvalue weighted by Crippen LogP contribution is 2.25. The number of benzene rings is 1. The highest BCUT2D eigenvalue weighted by molar-refractivity contribution is 7.10. The summed E-state index contributed by atoms with van der Waals surface area (Å²) in [7, 11) is 0. The van der Waals surface area contributed by atoms with Gasteiger partial charge in [-0.05, 0) is 54.8 Å². The van der Waals surface area contributed by atoms with Crippen LogP contribution in [-0.2, 0) is 5.60 Å². The fraction of sp³-hybridized carbons (Fsp3) is 0.167. The van der Waals surface area contributed by atoms with Gasteiger partial charge in [-0.15, -0.1) is 11.3 Å². The van der Waals surface area contributed by atoms with Crippen molar-refractivity contribution in [3.63, 3.8) is 0 Å². The number of nitrogens with one attached hydrogen (secondary N) is 1. The van der Waals surface area contributed by atoms with Gasteiger partial charge in [-0.1, -0.05) is 6.07 Å². The Kier molecular flexibility index (Phi) is 4.51. The molecule has 2 N–H and O–H groups in total. The lowest BCUT2D eigenvalue weighted by atomic mass is 10.1. The Morgan fingerprint density at radius 2 is 2.00 bits per heavy atom. The van der Waals surface area contributed by atoms with Gasteiger partial charge in [0.2, 0.25) is 0 Å². The smallest absolute Gasteiger partial charge is 0.287 e. The van der Waals surface area contributed by atoms with Crippen LogP contribution in [-0.4, -0.2) is 17.6 Å². The molecule has 1 amide bonds. The Morgan fingerprint density at radius 1 is 1.25 bits per heavy atom. The fourth-order valence-electron chi connectivity index (χ4n) is 2.24. The second-order valence-corrected chi connectivity index (χ2v) is 6.55. The third-order valence-corrected chi connectivity index (χ3v) is 4.73. The largest absolute Gasteiger partial charge is 0.451 e. The van der Waals surface area contributed by atoms with Crippen molar-refractivity contribution in [1.82, 2.24) is 5.32 Å². The molecule has 124 valence electrons. The molecule has 4 nitrogen and oxygen atoms in total. The molecule has 6 heteroatoms. The van der Waals surface area contributed by atoms with E-state index in [0.29, 0.717) is 11.3 Å². The lowest BCUT2D eigenvalue weighted by molar-refractivity contribution is 0.0548. The molecule has 24 heavy (non-hydrogen) atoms. The maximum Gasteiger partial charge on any atom is 0.287 e. The number of hydrogen-bond acceptors (Lipinski definition) is 4. The van der Waals surface area contributed by atoms with E-state index < -0.39 is 11.5 Å². The number of carbonyl (C=O) groups is 1. The Hall–Kier alpha value is -2.44. The summed E-state index contributed by atoms with van der Waals surface area (Å²) in [6.45, 7) is 1.71. The van der Waals surface area contributed by atoms with Crippen LogP contribution < -0.4 is 5.32 Å². The molecule has 1 aromatic carbocycles. The molecule has 0 aliphatic heterocycles. The summed E-state index contributed by atoms with van der Waals surface area (Å²) < 4.78 is 18.5. The zero-order chi connectivity index (χ0) is 17.2. The number of halogens is 1. The summed E-state index contributed by atoms with van der Waals surface area (Å²) in [5.41, 5.74) is -0.461. The number of furan rings is 1. The molecule has 1 atom stereocenters. The van der Waals surface area contributed by atoms with Crippen LogP contribution >= 0.6 is 11.3 Å². The summed E-state index contributed by atoms with van der Waals surface area (Å²) in [6.07, 6.45) is 0. The van der Waals surface area contributed by atoms with E-state index in [0.717, 1.165) is 4.88 Å². The van der Waals surface area contributed by atoms with Crippen LogP contribution in [0.4, 0.5) is 4.39 Å². The minimum Gasteiger partial charge on any atom is -0.451 e. The topological polar surface area (TPSA) is 62.5 Å². The van der Waals surface area contributed by atoms with Crippen molar-refractivity contribution >= 4 is 17.2 Å². The maximum atomic E-state index is 12.9. The van der Waals surface area contributed by atoms with Crippen molar-refractivity contribution in [2.24, 2.45) is 0 Å². The molecule has 0 saturated heterocycles. The van der Waals surface area contributed by atoms with E-state index in [9.17, 15) is 14.3 Å². The van der Waals surface area contributed by atoms with Crippen molar-refractivity contribution in [2.75, 3.05) is 6.54 Å². The third kappa shape index (κ3) is 3.55. The quantitative estimate of drug-likeness (QED) is 0.740. The molecule has 2 aromatic heterocycles. The Balaban J connectivity index is 1.67. The highest BCUT2D eigenvalue weighted by atomic mass is 32.1. The third-order valence-electron chi connectivity index (χ3n) is 3.60. The lowest BCUT2D eigenvalue weighted by Gasteiger charge is -2.21. The Morgan fingerprint density at radius 3 is 2.67 bits per heavy atom. The standard InChI is InChI=1S/C18H16FNO3S/c1-18(22,16-3-2-10-24-16)11-20-17(21)15-9-8-14(23-15)12-4-6-13(19)7-5-12/h2-10,22H,11H2,1H3,(H,20,21). The first-order chi connectivity index (χ1) is 11.5. The predicted molar refractivity (Wildman–Crippen MR) is 90.3 cm³/mol.